The van der Waals surface area contributed by atoms with Crippen LogP contribution < -0.4 is 14.8 Å². The Labute approximate surface area is 185 Å². The van der Waals surface area contributed by atoms with Crippen LogP contribution in [0.2, 0.25) is 0 Å². The third-order valence-electron chi connectivity index (χ3n) is 5.15. The number of alkyl halides is 3. The number of aromatic nitrogens is 1. The fourth-order valence-electron chi connectivity index (χ4n) is 3.43. The third-order valence-corrected chi connectivity index (χ3v) is 5.15. The largest absolute Gasteiger partial charge is 0.573 e. The van der Waals surface area contributed by atoms with Crippen molar-refractivity contribution in [2.24, 2.45) is 0 Å². The number of nitrogens with one attached hydrogen (secondary N) is 1. The molecule has 0 bridgehead atoms. The molecule has 1 saturated heterocycles. The third kappa shape index (κ3) is 4.47. The van der Waals surface area contributed by atoms with Gasteiger partial charge < -0.3 is 19.2 Å². The molecule has 0 spiro atoms. The molecule has 1 aliphatic rings. The number of oxazole rings is 1. The average molecular weight is 461 g/mol. The summed E-state index contributed by atoms with van der Waals surface area (Å²) < 4.78 is 51.5. The zero-order chi connectivity index (χ0) is 23.8. The molecule has 1 unspecified atom stereocenters. The van der Waals surface area contributed by atoms with Crippen LogP contribution in [-0.2, 0) is 16.9 Å². The SMILES string of the molecule is COc1ccc(-c2nc(CN3C(=O)NC(C)(c4ccc(OC(F)(F)F)cc4)C3=O)co2)cc1. The predicted molar refractivity (Wildman–Crippen MR) is 108 cm³/mol. The number of nitrogens with zero attached hydrogens (tertiary/aromatic N) is 2. The van der Waals surface area contributed by atoms with Crippen molar-refractivity contribution in [3.8, 4) is 23.0 Å². The molecule has 33 heavy (non-hydrogen) atoms. The van der Waals surface area contributed by atoms with E-state index in [0.717, 1.165) is 17.0 Å². The summed E-state index contributed by atoms with van der Waals surface area (Å²) in [6, 6.07) is 11.1. The Hall–Kier alpha value is -4.02. The van der Waals surface area contributed by atoms with Gasteiger partial charge in [-0.3, -0.25) is 9.69 Å². The zero-order valence-corrected chi connectivity index (χ0v) is 17.5. The van der Waals surface area contributed by atoms with E-state index < -0.39 is 29.6 Å². The van der Waals surface area contributed by atoms with Crippen molar-refractivity contribution in [1.29, 1.82) is 0 Å². The highest BCUT2D eigenvalue weighted by Crippen LogP contribution is 2.32. The molecular weight excluding hydrogens is 443 g/mol. The Morgan fingerprint density at radius 2 is 1.70 bits per heavy atom. The number of halogens is 3. The van der Waals surface area contributed by atoms with Gasteiger partial charge in [-0.2, -0.15) is 0 Å². The van der Waals surface area contributed by atoms with Crippen molar-refractivity contribution in [1.82, 2.24) is 15.2 Å². The first-order valence-corrected chi connectivity index (χ1v) is 9.68. The first-order chi connectivity index (χ1) is 15.6. The first kappa shape index (κ1) is 22.2. The number of imide groups is 1. The van der Waals surface area contributed by atoms with Gasteiger partial charge in [0.25, 0.3) is 5.91 Å². The first-order valence-electron chi connectivity index (χ1n) is 9.68. The summed E-state index contributed by atoms with van der Waals surface area (Å²) in [5.41, 5.74) is -0.124. The quantitative estimate of drug-likeness (QED) is 0.553. The minimum Gasteiger partial charge on any atom is -0.497 e. The summed E-state index contributed by atoms with van der Waals surface area (Å²) in [5, 5.41) is 2.59. The number of carbonyl (C=O) groups excluding carboxylic acids is 2. The Bertz CT molecular complexity index is 1180. The van der Waals surface area contributed by atoms with Gasteiger partial charge in [-0.25, -0.2) is 9.78 Å². The molecule has 11 heteroatoms. The minimum atomic E-state index is -4.83. The standard InChI is InChI=1S/C22H18F3N3O5/c1-21(14-5-9-17(10-6-14)33-22(23,24)25)19(29)28(20(30)27-21)11-15-12-32-18(26-15)13-3-7-16(31-2)8-4-13/h3-10,12H,11H2,1-2H3,(H,27,30). The Kier molecular flexibility index (Phi) is 5.48. The number of benzene rings is 2. The maximum Gasteiger partial charge on any atom is 0.573 e. The molecule has 1 atom stereocenters. The Balaban J connectivity index is 1.50. The number of hydrogen-bond donors (Lipinski definition) is 1. The van der Waals surface area contributed by atoms with Crippen LogP contribution >= 0.6 is 0 Å². The zero-order valence-electron chi connectivity index (χ0n) is 17.5. The second kappa shape index (κ2) is 8.15. The van der Waals surface area contributed by atoms with Crippen LogP contribution in [0.3, 0.4) is 0 Å². The molecular formula is C22H18F3N3O5. The highest BCUT2D eigenvalue weighted by Gasteiger charge is 2.49. The lowest BCUT2D eigenvalue weighted by Crippen LogP contribution is -2.40. The molecule has 172 valence electrons. The van der Waals surface area contributed by atoms with E-state index in [1.165, 1.54) is 25.3 Å². The molecule has 1 aliphatic heterocycles. The van der Waals surface area contributed by atoms with Crippen molar-refractivity contribution < 1.29 is 36.7 Å². The summed E-state index contributed by atoms with van der Waals surface area (Å²) in [5.74, 6) is -0.0343. The van der Waals surface area contributed by atoms with Gasteiger partial charge in [-0.05, 0) is 48.9 Å². The van der Waals surface area contributed by atoms with Crippen molar-refractivity contribution in [2.45, 2.75) is 25.4 Å². The maximum absolute atomic E-state index is 13.1. The van der Waals surface area contributed by atoms with Crippen LogP contribution in [0, 0.1) is 0 Å². The van der Waals surface area contributed by atoms with Gasteiger partial charge in [0.05, 0.1) is 19.3 Å². The molecule has 1 aromatic heterocycles. The second-order valence-corrected chi connectivity index (χ2v) is 7.39. The molecule has 0 saturated carbocycles. The number of methoxy groups -OCH3 is 1. The molecule has 0 aliphatic carbocycles. The topological polar surface area (TPSA) is 93.9 Å². The minimum absolute atomic E-state index is 0.144. The van der Waals surface area contributed by atoms with Crippen molar-refractivity contribution in [3.63, 3.8) is 0 Å². The summed E-state index contributed by atoms with van der Waals surface area (Å²) in [6.45, 7) is 1.33. The van der Waals surface area contributed by atoms with Gasteiger partial charge in [0.1, 0.15) is 23.3 Å². The molecule has 1 N–H and O–H groups in total. The lowest BCUT2D eigenvalue weighted by molar-refractivity contribution is -0.274. The molecule has 8 nitrogen and oxygen atoms in total. The highest BCUT2D eigenvalue weighted by molar-refractivity contribution is 6.07. The monoisotopic (exact) mass is 461 g/mol. The predicted octanol–water partition coefficient (Wildman–Crippen LogP) is 4.22. The molecule has 1 fully saturated rings. The highest BCUT2D eigenvalue weighted by atomic mass is 19.4. The van der Waals surface area contributed by atoms with Crippen molar-refractivity contribution in [3.05, 3.63) is 66.1 Å². The van der Waals surface area contributed by atoms with Crippen molar-refractivity contribution in [2.75, 3.05) is 7.11 Å². The molecule has 3 amide bonds. The Morgan fingerprint density at radius 3 is 2.30 bits per heavy atom. The van der Waals surface area contributed by atoms with Gasteiger partial charge >= 0.3 is 12.4 Å². The number of rotatable bonds is 6. The van der Waals surface area contributed by atoms with Gasteiger partial charge in [-0.15, -0.1) is 13.2 Å². The molecule has 3 aromatic rings. The molecule has 2 heterocycles. The van der Waals surface area contributed by atoms with E-state index in [1.807, 2.05) is 0 Å². The summed E-state index contributed by atoms with van der Waals surface area (Å²) >= 11 is 0. The number of ether oxygens (including phenoxy) is 2. The van der Waals surface area contributed by atoms with Crippen LogP contribution in [0.1, 0.15) is 18.2 Å². The van der Waals surface area contributed by atoms with Crippen LogP contribution in [-0.4, -0.2) is 35.3 Å². The average Bonchev–Trinajstić information content (AvgIpc) is 3.32. The maximum atomic E-state index is 13.1. The van der Waals surface area contributed by atoms with Gasteiger partial charge in [0.2, 0.25) is 5.89 Å². The molecule has 0 radical (unpaired) electrons. The van der Waals surface area contributed by atoms with E-state index >= 15 is 0 Å². The summed E-state index contributed by atoms with van der Waals surface area (Å²) in [7, 11) is 1.55. The van der Waals surface area contributed by atoms with Gasteiger partial charge in [0, 0.05) is 5.56 Å². The smallest absolute Gasteiger partial charge is 0.497 e. The molecule has 4 rings (SSSR count). The van der Waals surface area contributed by atoms with E-state index in [2.05, 4.69) is 15.0 Å². The molecule has 2 aromatic carbocycles. The van der Waals surface area contributed by atoms with Crippen LogP contribution in [0.4, 0.5) is 18.0 Å². The fourth-order valence-corrected chi connectivity index (χ4v) is 3.43. The number of carbonyl (C=O) groups is 2. The normalized spacial score (nSPS) is 18.4. The Morgan fingerprint density at radius 1 is 1.06 bits per heavy atom. The van der Waals surface area contributed by atoms with E-state index in [1.54, 1.807) is 31.4 Å². The second-order valence-electron chi connectivity index (χ2n) is 7.39. The number of urea groups is 1. The van der Waals surface area contributed by atoms with Crippen LogP contribution in [0.25, 0.3) is 11.5 Å². The van der Waals surface area contributed by atoms with E-state index in [4.69, 9.17) is 9.15 Å². The van der Waals surface area contributed by atoms with E-state index in [0.29, 0.717) is 28.5 Å². The summed E-state index contributed by atoms with van der Waals surface area (Å²) in [4.78, 5) is 30.9. The van der Waals surface area contributed by atoms with Gasteiger partial charge in [-0.1, -0.05) is 12.1 Å². The fraction of sp³-hybridized carbons (Fsp3) is 0.227. The van der Waals surface area contributed by atoms with E-state index in [-0.39, 0.29) is 6.54 Å². The van der Waals surface area contributed by atoms with Gasteiger partial charge in [0.15, 0.2) is 0 Å². The van der Waals surface area contributed by atoms with Crippen molar-refractivity contribution >= 4 is 11.9 Å². The number of amides is 3. The number of hydrogen-bond acceptors (Lipinski definition) is 6. The van der Waals surface area contributed by atoms with Crippen LogP contribution in [0.5, 0.6) is 11.5 Å². The van der Waals surface area contributed by atoms with Crippen LogP contribution in [0.15, 0.2) is 59.2 Å². The summed E-state index contributed by atoms with van der Waals surface area (Å²) in [6.07, 6.45) is -3.49. The lowest BCUT2D eigenvalue weighted by atomic mass is 9.92. The lowest BCUT2D eigenvalue weighted by Gasteiger charge is -2.22. The van der Waals surface area contributed by atoms with E-state index in [9.17, 15) is 22.8 Å².